The van der Waals surface area contributed by atoms with Gasteiger partial charge in [-0.15, -0.1) is 11.3 Å². The SMILES string of the molecule is CCSN1CC(CN2CCC3(CC2)OCCc2sc(CC)cc23)C1. The summed E-state index contributed by atoms with van der Waals surface area (Å²) in [5.41, 5.74) is 1.59. The first-order chi connectivity index (χ1) is 11.7. The Morgan fingerprint density at radius 3 is 2.79 bits per heavy atom. The largest absolute Gasteiger partial charge is 0.370 e. The lowest BCUT2D eigenvalue weighted by atomic mass is 9.82. The lowest BCUT2D eigenvalue weighted by Crippen LogP contribution is -2.52. The Kier molecular flexibility index (Phi) is 5.26. The molecule has 0 aromatic carbocycles. The zero-order chi connectivity index (χ0) is 16.6. The Morgan fingerprint density at radius 1 is 1.29 bits per heavy atom. The topological polar surface area (TPSA) is 15.7 Å². The van der Waals surface area contributed by atoms with Crippen molar-refractivity contribution in [2.24, 2.45) is 5.92 Å². The second kappa shape index (κ2) is 7.28. The number of piperidine rings is 1. The van der Waals surface area contributed by atoms with Gasteiger partial charge in [-0.2, -0.15) is 0 Å². The quantitative estimate of drug-likeness (QED) is 0.737. The minimum atomic E-state index is 0.0394. The maximum atomic E-state index is 6.40. The predicted octanol–water partition coefficient (Wildman–Crippen LogP) is 3.77. The van der Waals surface area contributed by atoms with Crippen LogP contribution in [-0.2, 0) is 23.2 Å². The molecule has 2 fully saturated rings. The van der Waals surface area contributed by atoms with E-state index in [0.29, 0.717) is 0 Å². The van der Waals surface area contributed by atoms with Crippen molar-refractivity contribution in [3.05, 3.63) is 21.4 Å². The third kappa shape index (κ3) is 3.30. The molecule has 0 radical (unpaired) electrons. The Balaban J connectivity index is 1.34. The third-order valence-electron chi connectivity index (χ3n) is 5.82. The van der Waals surface area contributed by atoms with Crippen LogP contribution in [0, 0.1) is 5.92 Å². The summed E-state index contributed by atoms with van der Waals surface area (Å²) < 4.78 is 8.92. The summed E-state index contributed by atoms with van der Waals surface area (Å²) in [6.07, 6.45) is 4.65. The van der Waals surface area contributed by atoms with Crippen LogP contribution in [0.15, 0.2) is 6.07 Å². The Morgan fingerprint density at radius 2 is 2.08 bits per heavy atom. The van der Waals surface area contributed by atoms with Crippen molar-refractivity contribution in [3.63, 3.8) is 0 Å². The van der Waals surface area contributed by atoms with Gasteiger partial charge in [0.25, 0.3) is 0 Å². The van der Waals surface area contributed by atoms with Crippen molar-refractivity contribution in [2.45, 2.75) is 45.1 Å². The van der Waals surface area contributed by atoms with Crippen LogP contribution >= 0.6 is 23.3 Å². The van der Waals surface area contributed by atoms with Crippen molar-refractivity contribution in [1.82, 2.24) is 9.21 Å². The van der Waals surface area contributed by atoms with Crippen molar-refractivity contribution < 1.29 is 4.74 Å². The van der Waals surface area contributed by atoms with E-state index in [1.807, 2.05) is 23.3 Å². The molecule has 0 aliphatic carbocycles. The third-order valence-corrected chi connectivity index (χ3v) is 8.08. The number of hydrogen-bond donors (Lipinski definition) is 0. The van der Waals surface area contributed by atoms with E-state index in [4.69, 9.17) is 4.74 Å². The maximum Gasteiger partial charge on any atom is 0.0966 e. The number of likely N-dealkylation sites (tertiary alicyclic amines) is 1. The minimum absolute atomic E-state index is 0.0394. The zero-order valence-corrected chi connectivity index (χ0v) is 16.7. The molecule has 0 amide bonds. The Labute approximate surface area is 154 Å². The van der Waals surface area contributed by atoms with Crippen LogP contribution in [-0.4, -0.2) is 54.3 Å². The van der Waals surface area contributed by atoms with Gasteiger partial charge in [-0.25, -0.2) is 4.31 Å². The summed E-state index contributed by atoms with van der Waals surface area (Å²) in [6, 6.07) is 2.46. The highest BCUT2D eigenvalue weighted by Gasteiger charge is 2.42. The number of nitrogens with zero attached hydrogens (tertiary/aromatic N) is 2. The minimum Gasteiger partial charge on any atom is -0.370 e. The number of thiophene rings is 1. The lowest BCUT2D eigenvalue weighted by molar-refractivity contribution is -0.0995. The van der Waals surface area contributed by atoms with Crippen LogP contribution in [0.2, 0.25) is 0 Å². The van der Waals surface area contributed by atoms with Crippen LogP contribution in [0.3, 0.4) is 0 Å². The van der Waals surface area contributed by atoms with E-state index in [-0.39, 0.29) is 5.60 Å². The molecule has 1 aromatic rings. The molecule has 3 aliphatic heterocycles. The standard InChI is InChI=1S/C19H30N2OS2/c1-3-16-11-17-18(24-16)5-10-22-19(17)6-8-20(9-7-19)12-15-13-21(14-15)23-4-2/h11,15H,3-10,12-14H2,1-2H3. The first-order valence-corrected chi connectivity index (χ1v) is 11.3. The summed E-state index contributed by atoms with van der Waals surface area (Å²) in [5, 5.41) is 0. The van der Waals surface area contributed by atoms with Gasteiger partial charge in [-0.3, -0.25) is 0 Å². The van der Waals surface area contributed by atoms with E-state index in [1.165, 1.54) is 56.2 Å². The molecule has 3 aliphatic rings. The average molecular weight is 367 g/mol. The fourth-order valence-electron chi connectivity index (χ4n) is 4.45. The molecule has 4 rings (SSSR count). The summed E-state index contributed by atoms with van der Waals surface area (Å²) >= 11 is 4.02. The van der Waals surface area contributed by atoms with Gasteiger partial charge in [0.1, 0.15) is 0 Å². The zero-order valence-electron chi connectivity index (χ0n) is 15.1. The monoisotopic (exact) mass is 366 g/mol. The summed E-state index contributed by atoms with van der Waals surface area (Å²) in [7, 11) is 0. The fraction of sp³-hybridized carbons (Fsp3) is 0.789. The second-order valence-electron chi connectivity index (χ2n) is 7.43. The first kappa shape index (κ1) is 17.3. The molecular formula is C19H30N2OS2. The fourth-order valence-corrected chi connectivity index (χ4v) is 6.62. The summed E-state index contributed by atoms with van der Waals surface area (Å²) in [4.78, 5) is 5.84. The van der Waals surface area contributed by atoms with Gasteiger partial charge < -0.3 is 9.64 Å². The highest BCUT2D eigenvalue weighted by molar-refractivity contribution is 7.97. The van der Waals surface area contributed by atoms with Crippen molar-refractivity contribution in [3.8, 4) is 0 Å². The smallest absolute Gasteiger partial charge is 0.0966 e. The number of rotatable bonds is 5. The average Bonchev–Trinajstić information content (AvgIpc) is 3.00. The van der Waals surface area contributed by atoms with E-state index in [9.17, 15) is 0 Å². The van der Waals surface area contributed by atoms with Crippen LogP contribution in [0.1, 0.15) is 42.0 Å². The van der Waals surface area contributed by atoms with Crippen LogP contribution in [0.4, 0.5) is 0 Å². The Hall–Kier alpha value is -0.0700. The molecule has 5 heteroatoms. The Bertz CT molecular complexity index is 560. The molecule has 1 aromatic heterocycles. The van der Waals surface area contributed by atoms with Crippen LogP contribution < -0.4 is 0 Å². The molecular weight excluding hydrogens is 336 g/mol. The van der Waals surface area contributed by atoms with Gasteiger partial charge in [-0.1, -0.05) is 25.8 Å². The van der Waals surface area contributed by atoms with Gasteiger partial charge in [0.2, 0.25) is 0 Å². The van der Waals surface area contributed by atoms with Gasteiger partial charge in [0.15, 0.2) is 0 Å². The van der Waals surface area contributed by atoms with Gasteiger partial charge >= 0.3 is 0 Å². The van der Waals surface area contributed by atoms with E-state index in [1.54, 1.807) is 10.4 Å². The number of hydrogen-bond acceptors (Lipinski definition) is 5. The maximum absolute atomic E-state index is 6.40. The molecule has 3 nitrogen and oxygen atoms in total. The van der Waals surface area contributed by atoms with Crippen molar-refractivity contribution >= 4 is 23.3 Å². The molecule has 0 atom stereocenters. The molecule has 2 saturated heterocycles. The molecule has 0 saturated carbocycles. The number of ether oxygens (including phenoxy) is 1. The normalized spacial score (nSPS) is 24.9. The lowest BCUT2D eigenvalue weighted by Gasteiger charge is -2.46. The highest BCUT2D eigenvalue weighted by atomic mass is 32.2. The first-order valence-electron chi connectivity index (χ1n) is 9.58. The van der Waals surface area contributed by atoms with E-state index in [2.05, 4.69) is 29.1 Å². The molecule has 0 unspecified atom stereocenters. The molecule has 1 spiro atoms. The predicted molar refractivity (Wildman–Crippen MR) is 104 cm³/mol. The number of aryl methyl sites for hydroxylation is 1. The van der Waals surface area contributed by atoms with Gasteiger partial charge in [0.05, 0.1) is 12.2 Å². The molecule has 24 heavy (non-hydrogen) atoms. The van der Waals surface area contributed by atoms with E-state index >= 15 is 0 Å². The van der Waals surface area contributed by atoms with Crippen LogP contribution in [0.5, 0.6) is 0 Å². The molecule has 4 heterocycles. The molecule has 134 valence electrons. The van der Waals surface area contributed by atoms with Gasteiger partial charge in [0, 0.05) is 54.7 Å². The summed E-state index contributed by atoms with van der Waals surface area (Å²) in [5.74, 6) is 2.09. The van der Waals surface area contributed by atoms with E-state index < -0.39 is 0 Å². The van der Waals surface area contributed by atoms with Gasteiger partial charge in [-0.05, 0) is 36.8 Å². The highest BCUT2D eigenvalue weighted by Crippen LogP contribution is 2.44. The van der Waals surface area contributed by atoms with E-state index in [0.717, 1.165) is 25.4 Å². The summed E-state index contributed by atoms with van der Waals surface area (Å²) in [6.45, 7) is 11.7. The molecule has 0 bridgehead atoms. The van der Waals surface area contributed by atoms with Crippen LogP contribution in [0.25, 0.3) is 0 Å². The second-order valence-corrected chi connectivity index (χ2v) is 10.0. The number of fused-ring (bicyclic) bond motifs is 2. The molecule has 0 N–H and O–H groups in total. The van der Waals surface area contributed by atoms with Crippen molar-refractivity contribution in [1.29, 1.82) is 0 Å². The van der Waals surface area contributed by atoms with Crippen molar-refractivity contribution in [2.75, 3.05) is 45.1 Å².